The molecule has 6 nitrogen and oxygen atoms in total. The fourth-order valence-electron chi connectivity index (χ4n) is 2.86. The Morgan fingerprint density at radius 1 is 1.48 bits per heavy atom. The van der Waals surface area contributed by atoms with Gasteiger partial charge in [0.05, 0.1) is 24.8 Å². The van der Waals surface area contributed by atoms with Gasteiger partial charge >= 0.3 is 0 Å². The second kappa shape index (κ2) is 7.72. The summed E-state index contributed by atoms with van der Waals surface area (Å²) in [5.74, 6) is -0.0328. The third-order valence-electron chi connectivity index (χ3n) is 4.00. The normalized spacial score (nSPS) is 18.4. The molecule has 3 rings (SSSR count). The number of methoxy groups -OCH3 is 1. The molecule has 0 saturated carbocycles. The summed E-state index contributed by atoms with van der Waals surface area (Å²) >= 11 is 1.75. The Morgan fingerprint density at radius 3 is 3.17 bits per heavy atom. The number of rotatable bonds is 6. The minimum atomic E-state index is -0.104. The molecule has 0 radical (unpaired) electrons. The number of carbonyl (C=O) groups excluding carboxylic acids is 1. The Morgan fingerprint density at radius 2 is 2.39 bits per heavy atom. The van der Waals surface area contributed by atoms with Gasteiger partial charge in [-0.25, -0.2) is 0 Å². The average Bonchev–Trinajstić information content (AvgIpc) is 3.16. The molecule has 0 bridgehead atoms. The molecule has 1 unspecified atom stereocenters. The zero-order valence-electron chi connectivity index (χ0n) is 13.3. The van der Waals surface area contributed by atoms with E-state index in [1.165, 1.54) is 4.88 Å². The second-order valence-electron chi connectivity index (χ2n) is 5.73. The van der Waals surface area contributed by atoms with Crippen molar-refractivity contribution in [2.45, 2.75) is 19.6 Å². The van der Waals surface area contributed by atoms with Crippen LogP contribution in [-0.2, 0) is 29.2 Å². The predicted octanol–water partition coefficient (Wildman–Crippen LogP) is 1.34. The molecule has 23 heavy (non-hydrogen) atoms. The molecule has 0 fully saturated rings. The van der Waals surface area contributed by atoms with Crippen molar-refractivity contribution >= 4 is 17.2 Å². The smallest absolute Gasteiger partial charge is 0.226 e. The summed E-state index contributed by atoms with van der Waals surface area (Å²) in [4.78, 5) is 16.1. The Hall–Kier alpha value is -1.70. The van der Waals surface area contributed by atoms with E-state index in [-0.39, 0.29) is 11.8 Å². The largest absolute Gasteiger partial charge is 0.383 e. The highest BCUT2D eigenvalue weighted by molar-refractivity contribution is 7.09. The monoisotopic (exact) mass is 334 g/mol. The summed E-state index contributed by atoms with van der Waals surface area (Å²) < 4.78 is 6.95. The van der Waals surface area contributed by atoms with Gasteiger partial charge in [-0.2, -0.15) is 5.10 Å². The van der Waals surface area contributed by atoms with E-state index in [9.17, 15) is 4.79 Å². The van der Waals surface area contributed by atoms with Crippen molar-refractivity contribution in [2.24, 2.45) is 5.92 Å². The first-order valence-electron chi connectivity index (χ1n) is 7.78. The molecule has 3 heterocycles. The Labute approximate surface area is 140 Å². The number of nitrogens with one attached hydrogen (secondary N) is 1. The molecule has 0 aliphatic carbocycles. The van der Waals surface area contributed by atoms with Crippen LogP contribution in [0, 0.1) is 5.92 Å². The van der Waals surface area contributed by atoms with Crippen LogP contribution in [0.5, 0.6) is 0 Å². The van der Waals surface area contributed by atoms with Crippen LogP contribution >= 0.6 is 11.3 Å². The molecule has 0 spiro atoms. The molecular formula is C16H22N4O2S. The van der Waals surface area contributed by atoms with E-state index in [2.05, 4.69) is 32.8 Å². The first-order valence-corrected chi connectivity index (χ1v) is 8.66. The van der Waals surface area contributed by atoms with Crippen molar-refractivity contribution in [1.29, 1.82) is 0 Å². The molecule has 1 aliphatic rings. The van der Waals surface area contributed by atoms with Gasteiger partial charge in [0.2, 0.25) is 5.91 Å². The number of ether oxygens (including phenoxy) is 1. The van der Waals surface area contributed by atoms with Gasteiger partial charge in [-0.1, -0.05) is 6.07 Å². The molecule has 2 aromatic rings. The molecule has 1 amide bonds. The quantitative estimate of drug-likeness (QED) is 0.810. The summed E-state index contributed by atoms with van der Waals surface area (Å²) in [7, 11) is 1.64. The van der Waals surface area contributed by atoms with Crippen molar-refractivity contribution in [1.82, 2.24) is 20.0 Å². The van der Waals surface area contributed by atoms with Crippen LogP contribution in [0.4, 0.5) is 0 Å². The van der Waals surface area contributed by atoms with Crippen molar-refractivity contribution in [3.8, 4) is 0 Å². The summed E-state index contributed by atoms with van der Waals surface area (Å²) in [6.07, 6.45) is 1.81. The van der Waals surface area contributed by atoms with Crippen LogP contribution in [0.1, 0.15) is 10.6 Å². The lowest BCUT2D eigenvalue weighted by molar-refractivity contribution is -0.126. The number of hydrogen-bond acceptors (Lipinski definition) is 5. The molecule has 1 atom stereocenters. The van der Waals surface area contributed by atoms with Gasteiger partial charge in [0.25, 0.3) is 0 Å². The van der Waals surface area contributed by atoms with Crippen molar-refractivity contribution < 1.29 is 9.53 Å². The van der Waals surface area contributed by atoms with E-state index in [0.717, 1.165) is 25.3 Å². The second-order valence-corrected chi connectivity index (χ2v) is 6.77. The lowest BCUT2D eigenvalue weighted by atomic mass is 10.1. The maximum absolute atomic E-state index is 12.5. The van der Waals surface area contributed by atoms with E-state index < -0.39 is 0 Å². The molecule has 0 saturated heterocycles. The summed E-state index contributed by atoms with van der Waals surface area (Å²) in [5, 5.41) is 9.41. The van der Waals surface area contributed by atoms with Crippen LogP contribution in [0.25, 0.3) is 0 Å². The fourth-order valence-corrected chi connectivity index (χ4v) is 3.61. The number of hydrogen-bond donors (Lipinski definition) is 1. The molecule has 1 aliphatic heterocycles. The number of aromatic nitrogens is 2. The highest BCUT2D eigenvalue weighted by atomic mass is 32.1. The van der Waals surface area contributed by atoms with Crippen molar-refractivity contribution in [3.05, 3.63) is 40.3 Å². The minimum absolute atomic E-state index is 0.0709. The van der Waals surface area contributed by atoms with Gasteiger partial charge in [0, 0.05) is 44.4 Å². The minimum Gasteiger partial charge on any atom is -0.383 e. The number of amides is 1. The Bertz CT molecular complexity index is 626. The maximum Gasteiger partial charge on any atom is 0.226 e. The first kappa shape index (κ1) is 16.2. The zero-order valence-corrected chi connectivity index (χ0v) is 14.1. The number of fused-ring (bicyclic) bond motifs is 1. The van der Waals surface area contributed by atoms with Gasteiger partial charge < -0.3 is 10.1 Å². The van der Waals surface area contributed by atoms with Gasteiger partial charge in [-0.15, -0.1) is 11.3 Å². The first-order chi connectivity index (χ1) is 11.3. The standard InChI is InChI=1S/C16H22N4O2S/c1-22-7-6-17-16(21)13-9-19(12-15-3-2-8-23-15)11-14-4-5-18-20(14)10-13/h2-5,8,13H,6-7,9-12H2,1H3,(H,17,21). The number of thiophene rings is 1. The SMILES string of the molecule is COCCNC(=O)C1CN(Cc2cccs2)Cc2ccnn2C1. The maximum atomic E-state index is 12.5. The average molecular weight is 334 g/mol. The van der Waals surface area contributed by atoms with Crippen LogP contribution in [0.2, 0.25) is 0 Å². The molecule has 1 N–H and O–H groups in total. The number of carbonyl (C=O) groups is 1. The molecular weight excluding hydrogens is 312 g/mol. The lowest BCUT2D eigenvalue weighted by Crippen LogP contribution is -2.40. The van der Waals surface area contributed by atoms with Crippen LogP contribution in [-0.4, -0.2) is 47.4 Å². The van der Waals surface area contributed by atoms with E-state index in [1.54, 1.807) is 18.4 Å². The van der Waals surface area contributed by atoms with Crippen LogP contribution < -0.4 is 5.32 Å². The molecule has 7 heteroatoms. The van der Waals surface area contributed by atoms with E-state index in [0.29, 0.717) is 19.7 Å². The third-order valence-corrected chi connectivity index (χ3v) is 4.86. The van der Waals surface area contributed by atoms with Gasteiger partial charge in [0.15, 0.2) is 0 Å². The third kappa shape index (κ3) is 4.19. The number of nitrogens with zero attached hydrogens (tertiary/aromatic N) is 3. The summed E-state index contributed by atoms with van der Waals surface area (Å²) in [5.41, 5.74) is 1.16. The summed E-state index contributed by atoms with van der Waals surface area (Å²) in [6.45, 7) is 4.12. The van der Waals surface area contributed by atoms with Gasteiger partial charge in [0.1, 0.15) is 0 Å². The van der Waals surface area contributed by atoms with E-state index >= 15 is 0 Å². The Kier molecular flexibility index (Phi) is 5.43. The highest BCUT2D eigenvalue weighted by Gasteiger charge is 2.27. The zero-order chi connectivity index (χ0) is 16.1. The van der Waals surface area contributed by atoms with Crippen molar-refractivity contribution in [2.75, 3.05) is 26.8 Å². The van der Waals surface area contributed by atoms with E-state index in [1.807, 2.05) is 16.9 Å². The van der Waals surface area contributed by atoms with E-state index in [4.69, 9.17) is 4.74 Å². The molecule has 2 aromatic heterocycles. The summed E-state index contributed by atoms with van der Waals surface area (Å²) in [6, 6.07) is 6.24. The van der Waals surface area contributed by atoms with Gasteiger partial charge in [-0.05, 0) is 17.5 Å². The van der Waals surface area contributed by atoms with Crippen LogP contribution in [0.15, 0.2) is 29.8 Å². The predicted molar refractivity (Wildman–Crippen MR) is 89.0 cm³/mol. The van der Waals surface area contributed by atoms with Crippen molar-refractivity contribution in [3.63, 3.8) is 0 Å². The molecule has 124 valence electrons. The lowest BCUT2D eigenvalue weighted by Gasteiger charge is -2.22. The molecule has 0 aromatic carbocycles. The Balaban J connectivity index is 1.70. The highest BCUT2D eigenvalue weighted by Crippen LogP contribution is 2.20. The fraction of sp³-hybridized carbons (Fsp3) is 0.500. The topological polar surface area (TPSA) is 59.4 Å². The van der Waals surface area contributed by atoms with Crippen LogP contribution in [0.3, 0.4) is 0 Å². The van der Waals surface area contributed by atoms with Gasteiger partial charge in [-0.3, -0.25) is 14.4 Å².